The minimum Gasteiger partial charge on any atom is -0.455 e. The third-order valence-corrected chi connectivity index (χ3v) is 3.56. The summed E-state index contributed by atoms with van der Waals surface area (Å²) >= 11 is 5.63. The van der Waals surface area contributed by atoms with Crippen LogP contribution in [0.15, 0.2) is 30.3 Å². The Morgan fingerprint density at radius 1 is 1.24 bits per heavy atom. The van der Waals surface area contributed by atoms with Gasteiger partial charge in [-0.1, -0.05) is 11.6 Å². The normalized spacial score (nSPS) is 13.5. The molecule has 2 aromatic carbocycles. The molecule has 1 aliphatic rings. The highest BCUT2D eigenvalue weighted by atomic mass is 35.5. The van der Waals surface area contributed by atoms with Crippen LogP contribution in [0.2, 0.25) is 5.02 Å². The van der Waals surface area contributed by atoms with Gasteiger partial charge in [-0.15, -0.1) is 0 Å². The summed E-state index contributed by atoms with van der Waals surface area (Å²) in [6, 6.07) is 7.58. The number of nitrogens with one attached hydrogen (secondary N) is 1. The predicted octanol–water partition coefficient (Wildman–Crippen LogP) is 3.74. The number of carbonyl (C=O) groups is 1. The molecular weight excluding hydrogens is 295 g/mol. The van der Waals surface area contributed by atoms with Crippen LogP contribution in [-0.4, -0.2) is 5.91 Å². The number of halogens is 2. The van der Waals surface area contributed by atoms with Crippen molar-refractivity contribution in [3.63, 3.8) is 0 Å². The first-order valence-electron chi connectivity index (χ1n) is 6.38. The summed E-state index contributed by atoms with van der Waals surface area (Å²) in [6.45, 7) is 0. The molecule has 1 heterocycles. The second kappa shape index (κ2) is 5.26. The summed E-state index contributed by atoms with van der Waals surface area (Å²) in [5.41, 5.74) is 7.91. The van der Waals surface area contributed by atoms with Gasteiger partial charge in [0.2, 0.25) is 5.91 Å². The zero-order valence-corrected chi connectivity index (χ0v) is 11.7. The highest BCUT2D eigenvalue weighted by Gasteiger charge is 2.17. The molecule has 2 aromatic rings. The third kappa shape index (κ3) is 2.78. The summed E-state index contributed by atoms with van der Waals surface area (Å²) in [5.74, 6) is 0.142. The van der Waals surface area contributed by atoms with Crippen LogP contribution in [0.3, 0.4) is 0 Å². The first-order valence-corrected chi connectivity index (χ1v) is 6.76. The van der Waals surface area contributed by atoms with Crippen molar-refractivity contribution in [2.45, 2.75) is 12.8 Å². The van der Waals surface area contributed by atoms with Crippen molar-refractivity contribution in [1.29, 1.82) is 0 Å². The third-order valence-electron chi connectivity index (χ3n) is 3.25. The van der Waals surface area contributed by atoms with E-state index in [1.807, 2.05) is 0 Å². The summed E-state index contributed by atoms with van der Waals surface area (Å²) in [5, 5.41) is 2.79. The topological polar surface area (TPSA) is 64.3 Å². The fourth-order valence-electron chi connectivity index (χ4n) is 2.18. The molecule has 0 spiro atoms. The molecule has 21 heavy (non-hydrogen) atoms. The van der Waals surface area contributed by atoms with Gasteiger partial charge in [0.05, 0.1) is 10.7 Å². The predicted molar refractivity (Wildman–Crippen MR) is 79.3 cm³/mol. The molecule has 1 aliphatic heterocycles. The van der Waals surface area contributed by atoms with Gasteiger partial charge in [0.1, 0.15) is 11.6 Å². The van der Waals surface area contributed by atoms with Gasteiger partial charge in [0.15, 0.2) is 5.75 Å². The molecule has 0 aliphatic carbocycles. The number of amides is 1. The maximum absolute atomic E-state index is 13.4. The van der Waals surface area contributed by atoms with E-state index in [4.69, 9.17) is 22.1 Å². The van der Waals surface area contributed by atoms with E-state index in [-0.39, 0.29) is 10.9 Å². The maximum Gasteiger partial charge on any atom is 0.224 e. The molecule has 0 saturated carbocycles. The number of ether oxygens (including phenoxy) is 1. The number of nitrogens with two attached hydrogens (primary N) is 1. The SMILES string of the molecule is Nc1cc2c(cc1Oc1ccc(Cl)c(F)c1)CCC(=O)N2. The zero-order chi connectivity index (χ0) is 15.0. The van der Waals surface area contributed by atoms with E-state index in [2.05, 4.69) is 5.32 Å². The highest BCUT2D eigenvalue weighted by Crippen LogP contribution is 2.35. The monoisotopic (exact) mass is 306 g/mol. The fraction of sp³-hybridized carbons (Fsp3) is 0.133. The summed E-state index contributed by atoms with van der Waals surface area (Å²) in [7, 11) is 0. The molecule has 6 heteroatoms. The van der Waals surface area contributed by atoms with E-state index in [0.29, 0.717) is 35.7 Å². The molecule has 108 valence electrons. The van der Waals surface area contributed by atoms with Crippen LogP contribution in [0.5, 0.6) is 11.5 Å². The Bertz CT molecular complexity index is 734. The molecule has 0 saturated heterocycles. The molecule has 0 bridgehead atoms. The molecule has 0 fully saturated rings. The van der Waals surface area contributed by atoms with Crippen LogP contribution in [0, 0.1) is 5.82 Å². The molecule has 0 aromatic heterocycles. The number of benzene rings is 2. The Kier molecular flexibility index (Phi) is 3.43. The molecule has 4 nitrogen and oxygen atoms in total. The first-order chi connectivity index (χ1) is 10.0. The van der Waals surface area contributed by atoms with Gasteiger partial charge in [0.25, 0.3) is 0 Å². The second-order valence-corrected chi connectivity index (χ2v) is 5.18. The van der Waals surface area contributed by atoms with Crippen molar-refractivity contribution in [1.82, 2.24) is 0 Å². The lowest BCUT2D eigenvalue weighted by Gasteiger charge is -2.19. The van der Waals surface area contributed by atoms with Crippen LogP contribution in [0.4, 0.5) is 15.8 Å². The van der Waals surface area contributed by atoms with Crippen molar-refractivity contribution in [2.24, 2.45) is 0 Å². The lowest BCUT2D eigenvalue weighted by molar-refractivity contribution is -0.116. The minimum absolute atomic E-state index is 0.0310. The van der Waals surface area contributed by atoms with Gasteiger partial charge < -0.3 is 15.8 Å². The summed E-state index contributed by atoms with van der Waals surface area (Å²) in [6.07, 6.45) is 1.04. The van der Waals surface area contributed by atoms with Gasteiger partial charge in [-0.2, -0.15) is 0 Å². The fourth-order valence-corrected chi connectivity index (χ4v) is 2.30. The summed E-state index contributed by atoms with van der Waals surface area (Å²) in [4.78, 5) is 11.3. The van der Waals surface area contributed by atoms with E-state index >= 15 is 0 Å². The standard InChI is InChI=1S/C15H12ClFN2O2/c16-10-3-2-9(6-11(10)17)21-14-5-8-1-4-15(20)19-13(8)7-12(14)18/h2-3,5-7H,1,4,18H2,(H,19,20). The van der Waals surface area contributed by atoms with Gasteiger partial charge in [-0.3, -0.25) is 4.79 Å². The Labute approximate surface area is 125 Å². The number of hydrogen-bond acceptors (Lipinski definition) is 3. The Morgan fingerprint density at radius 3 is 2.81 bits per heavy atom. The Balaban J connectivity index is 1.92. The van der Waals surface area contributed by atoms with Gasteiger partial charge in [-0.05, 0) is 36.2 Å². The average molecular weight is 307 g/mol. The van der Waals surface area contributed by atoms with E-state index in [0.717, 1.165) is 5.56 Å². The van der Waals surface area contributed by atoms with Gasteiger partial charge >= 0.3 is 0 Å². The average Bonchev–Trinajstić information content (AvgIpc) is 2.44. The second-order valence-electron chi connectivity index (χ2n) is 4.77. The first kappa shape index (κ1) is 13.7. The van der Waals surface area contributed by atoms with Crippen molar-refractivity contribution in [3.05, 3.63) is 46.7 Å². The molecule has 0 unspecified atom stereocenters. The molecule has 0 radical (unpaired) electrons. The number of nitrogen functional groups attached to an aromatic ring is 1. The van der Waals surface area contributed by atoms with Crippen LogP contribution in [0.1, 0.15) is 12.0 Å². The lowest BCUT2D eigenvalue weighted by Crippen LogP contribution is -2.19. The number of aryl methyl sites for hydroxylation is 1. The van der Waals surface area contributed by atoms with Crippen molar-refractivity contribution >= 4 is 28.9 Å². The quantitative estimate of drug-likeness (QED) is 0.831. The molecule has 3 rings (SSSR count). The minimum atomic E-state index is -0.557. The summed E-state index contributed by atoms with van der Waals surface area (Å²) < 4.78 is 19.0. The van der Waals surface area contributed by atoms with Crippen molar-refractivity contribution in [2.75, 3.05) is 11.1 Å². The molecule has 0 atom stereocenters. The number of rotatable bonds is 2. The molecular formula is C15H12ClFN2O2. The maximum atomic E-state index is 13.4. The van der Waals surface area contributed by atoms with E-state index in [1.165, 1.54) is 12.1 Å². The number of hydrogen-bond donors (Lipinski definition) is 2. The number of anilines is 2. The van der Waals surface area contributed by atoms with E-state index in [9.17, 15) is 9.18 Å². The van der Waals surface area contributed by atoms with Gasteiger partial charge in [-0.25, -0.2) is 4.39 Å². The highest BCUT2D eigenvalue weighted by molar-refractivity contribution is 6.30. The lowest BCUT2D eigenvalue weighted by atomic mass is 10.0. The van der Waals surface area contributed by atoms with Crippen LogP contribution < -0.4 is 15.8 Å². The molecule has 3 N–H and O–H groups in total. The van der Waals surface area contributed by atoms with Crippen LogP contribution >= 0.6 is 11.6 Å². The van der Waals surface area contributed by atoms with E-state index < -0.39 is 5.82 Å². The largest absolute Gasteiger partial charge is 0.455 e. The number of fused-ring (bicyclic) bond motifs is 1. The van der Waals surface area contributed by atoms with Gasteiger partial charge in [0, 0.05) is 18.2 Å². The molecule has 1 amide bonds. The van der Waals surface area contributed by atoms with Crippen molar-refractivity contribution < 1.29 is 13.9 Å². The Hall–Kier alpha value is -2.27. The van der Waals surface area contributed by atoms with Crippen LogP contribution in [-0.2, 0) is 11.2 Å². The number of carbonyl (C=O) groups excluding carboxylic acids is 1. The smallest absolute Gasteiger partial charge is 0.224 e. The van der Waals surface area contributed by atoms with Crippen molar-refractivity contribution in [3.8, 4) is 11.5 Å². The van der Waals surface area contributed by atoms with E-state index in [1.54, 1.807) is 18.2 Å². The van der Waals surface area contributed by atoms with Crippen LogP contribution in [0.25, 0.3) is 0 Å². The Morgan fingerprint density at radius 2 is 2.05 bits per heavy atom. The zero-order valence-electron chi connectivity index (χ0n) is 11.0.